The molecule has 1 N–H and O–H groups in total. The molecule has 0 atom stereocenters. The maximum Gasteiger partial charge on any atom is 0.271 e. The van der Waals surface area contributed by atoms with Crippen LogP contribution in [0.4, 0.5) is 0 Å². The van der Waals surface area contributed by atoms with Gasteiger partial charge in [0, 0.05) is 17.7 Å². The Morgan fingerprint density at radius 2 is 1.79 bits per heavy atom. The molecule has 0 saturated carbocycles. The van der Waals surface area contributed by atoms with Crippen LogP contribution >= 0.6 is 0 Å². The quantitative estimate of drug-likeness (QED) is 0.487. The molecule has 7 heteroatoms. The van der Waals surface area contributed by atoms with Crippen LogP contribution < -0.4 is 14.9 Å². The fourth-order valence-electron chi connectivity index (χ4n) is 3.34. The van der Waals surface area contributed by atoms with Gasteiger partial charge < -0.3 is 14.0 Å². The molecular formula is C22H26N4O3. The SMILES string of the molecule is CCC(=NNC(=O)c1ccc2c(c1)nc(C)n2CC)c1ccc(OC)c(OC)c1. The number of hydrogen-bond acceptors (Lipinski definition) is 5. The number of carbonyl (C=O) groups is 1. The van der Waals surface area contributed by atoms with Gasteiger partial charge in [0.2, 0.25) is 0 Å². The molecule has 0 saturated heterocycles. The topological polar surface area (TPSA) is 77.7 Å². The number of nitrogens with zero attached hydrogens (tertiary/aromatic N) is 3. The van der Waals surface area contributed by atoms with Gasteiger partial charge in [-0.15, -0.1) is 0 Å². The summed E-state index contributed by atoms with van der Waals surface area (Å²) in [5.74, 6) is 1.91. The average molecular weight is 394 g/mol. The van der Waals surface area contributed by atoms with E-state index in [4.69, 9.17) is 9.47 Å². The smallest absolute Gasteiger partial charge is 0.271 e. The van der Waals surface area contributed by atoms with Gasteiger partial charge >= 0.3 is 0 Å². The van der Waals surface area contributed by atoms with Gasteiger partial charge in [-0.25, -0.2) is 10.4 Å². The first-order valence-electron chi connectivity index (χ1n) is 9.58. The van der Waals surface area contributed by atoms with Gasteiger partial charge in [0.05, 0.1) is 31.0 Å². The van der Waals surface area contributed by atoms with Crippen LogP contribution in [0.3, 0.4) is 0 Å². The predicted octanol–water partition coefficient (Wildman–Crippen LogP) is 3.93. The highest BCUT2D eigenvalue weighted by Crippen LogP contribution is 2.28. The summed E-state index contributed by atoms with van der Waals surface area (Å²) < 4.78 is 12.7. The van der Waals surface area contributed by atoms with Crippen LogP contribution in [0.1, 0.15) is 42.0 Å². The van der Waals surface area contributed by atoms with Crippen LogP contribution in [0.15, 0.2) is 41.5 Å². The summed E-state index contributed by atoms with van der Waals surface area (Å²) in [4.78, 5) is 17.2. The number of hydrogen-bond donors (Lipinski definition) is 1. The third-order valence-electron chi connectivity index (χ3n) is 4.86. The summed E-state index contributed by atoms with van der Waals surface area (Å²) in [6, 6.07) is 11.1. The molecule has 0 aliphatic heterocycles. The lowest BCUT2D eigenvalue weighted by atomic mass is 10.1. The first-order valence-corrected chi connectivity index (χ1v) is 9.58. The fraction of sp³-hybridized carbons (Fsp3) is 0.318. The van der Waals surface area contributed by atoms with Crippen molar-refractivity contribution in [3.05, 3.63) is 53.3 Å². The lowest BCUT2D eigenvalue weighted by Crippen LogP contribution is -2.20. The molecule has 0 bridgehead atoms. The number of benzene rings is 2. The first kappa shape index (κ1) is 20.4. The summed E-state index contributed by atoms with van der Waals surface area (Å²) >= 11 is 0. The number of hydrazone groups is 1. The van der Waals surface area contributed by atoms with Crippen LogP contribution in [0.2, 0.25) is 0 Å². The molecule has 29 heavy (non-hydrogen) atoms. The van der Waals surface area contributed by atoms with Crippen molar-refractivity contribution < 1.29 is 14.3 Å². The fourth-order valence-corrected chi connectivity index (χ4v) is 3.34. The van der Waals surface area contributed by atoms with E-state index in [2.05, 4.69) is 27.0 Å². The summed E-state index contributed by atoms with van der Waals surface area (Å²) in [5, 5.41) is 4.33. The van der Waals surface area contributed by atoms with Gasteiger partial charge in [-0.05, 0) is 56.7 Å². The number of methoxy groups -OCH3 is 2. The van der Waals surface area contributed by atoms with E-state index in [1.54, 1.807) is 26.4 Å². The van der Waals surface area contributed by atoms with Gasteiger partial charge in [0.15, 0.2) is 11.5 Å². The number of imidazole rings is 1. The van der Waals surface area contributed by atoms with Crippen molar-refractivity contribution in [1.29, 1.82) is 0 Å². The highest BCUT2D eigenvalue weighted by atomic mass is 16.5. The molecule has 1 amide bonds. The normalized spacial score (nSPS) is 11.6. The monoisotopic (exact) mass is 394 g/mol. The average Bonchev–Trinajstić information content (AvgIpc) is 3.07. The minimum absolute atomic E-state index is 0.276. The van der Waals surface area contributed by atoms with Crippen LogP contribution in [-0.4, -0.2) is 35.4 Å². The number of aryl methyl sites for hydroxylation is 2. The molecule has 152 valence electrons. The van der Waals surface area contributed by atoms with Gasteiger partial charge in [-0.2, -0.15) is 5.10 Å². The van der Waals surface area contributed by atoms with Crippen molar-refractivity contribution in [3.8, 4) is 11.5 Å². The van der Waals surface area contributed by atoms with Crippen molar-refractivity contribution in [2.75, 3.05) is 14.2 Å². The van der Waals surface area contributed by atoms with Crippen LogP contribution in [0.25, 0.3) is 11.0 Å². The van der Waals surface area contributed by atoms with E-state index in [9.17, 15) is 4.79 Å². The Bertz CT molecular complexity index is 1070. The summed E-state index contributed by atoms with van der Waals surface area (Å²) in [6.45, 7) is 6.85. The van der Waals surface area contributed by atoms with Crippen molar-refractivity contribution in [3.63, 3.8) is 0 Å². The highest BCUT2D eigenvalue weighted by molar-refractivity contribution is 6.03. The Morgan fingerprint density at radius 1 is 1.07 bits per heavy atom. The van der Waals surface area contributed by atoms with E-state index in [1.807, 2.05) is 38.1 Å². The molecule has 2 aromatic carbocycles. The first-order chi connectivity index (χ1) is 14.0. The van der Waals surface area contributed by atoms with E-state index in [1.165, 1.54) is 0 Å². The molecule has 0 spiro atoms. The highest BCUT2D eigenvalue weighted by Gasteiger charge is 2.12. The van der Waals surface area contributed by atoms with Crippen molar-refractivity contribution in [2.24, 2.45) is 5.10 Å². The standard InChI is InChI=1S/C22H26N4O3/c1-6-17(15-9-11-20(28-4)21(13-15)29-5)24-25-22(27)16-8-10-19-18(12-16)23-14(3)26(19)7-2/h8-13H,6-7H2,1-5H3,(H,25,27). The van der Waals surface area contributed by atoms with E-state index in [0.29, 0.717) is 23.5 Å². The zero-order chi connectivity index (χ0) is 21.0. The van der Waals surface area contributed by atoms with Crippen LogP contribution in [-0.2, 0) is 6.54 Å². The Balaban J connectivity index is 1.84. The minimum atomic E-state index is -0.276. The maximum atomic E-state index is 12.6. The number of amides is 1. The zero-order valence-corrected chi connectivity index (χ0v) is 17.4. The molecule has 0 unspecified atom stereocenters. The largest absolute Gasteiger partial charge is 0.493 e. The molecule has 0 aliphatic carbocycles. The minimum Gasteiger partial charge on any atom is -0.493 e. The Hall–Kier alpha value is -3.35. The van der Waals surface area contributed by atoms with E-state index in [-0.39, 0.29) is 5.91 Å². The molecule has 1 heterocycles. The molecule has 0 fully saturated rings. The van der Waals surface area contributed by atoms with Crippen LogP contribution in [0, 0.1) is 6.92 Å². The lowest BCUT2D eigenvalue weighted by molar-refractivity contribution is 0.0955. The summed E-state index contributed by atoms with van der Waals surface area (Å²) in [6.07, 6.45) is 0.648. The number of fused-ring (bicyclic) bond motifs is 1. The number of rotatable bonds is 7. The van der Waals surface area contributed by atoms with Crippen molar-refractivity contribution >= 4 is 22.7 Å². The van der Waals surface area contributed by atoms with E-state index >= 15 is 0 Å². The van der Waals surface area contributed by atoms with E-state index < -0.39 is 0 Å². The number of carbonyl (C=O) groups excluding carboxylic acids is 1. The molecule has 1 aromatic heterocycles. The second-order valence-corrected chi connectivity index (χ2v) is 6.53. The second-order valence-electron chi connectivity index (χ2n) is 6.53. The van der Waals surface area contributed by atoms with Gasteiger partial charge in [0.25, 0.3) is 5.91 Å². The maximum absolute atomic E-state index is 12.6. The molecule has 0 aliphatic rings. The molecular weight excluding hydrogens is 368 g/mol. The Labute approximate surface area is 170 Å². The Morgan fingerprint density at radius 3 is 2.45 bits per heavy atom. The van der Waals surface area contributed by atoms with Gasteiger partial charge in [0.1, 0.15) is 5.82 Å². The molecule has 0 radical (unpaired) electrons. The number of aromatic nitrogens is 2. The van der Waals surface area contributed by atoms with Crippen LogP contribution in [0.5, 0.6) is 11.5 Å². The van der Waals surface area contributed by atoms with Gasteiger partial charge in [-0.3, -0.25) is 4.79 Å². The summed E-state index contributed by atoms with van der Waals surface area (Å²) in [7, 11) is 3.18. The summed E-state index contributed by atoms with van der Waals surface area (Å²) in [5.41, 5.74) is 6.60. The number of nitrogens with one attached hydrogen (secondary N) is 1. The third-order valence-corrected chi connectivity index (χ3v) is 4.86. The predicted molar refractivity (Wildman–Crippen MR) is 114 cm³/mol. The molecule has 3 aromatic rings. The van der Waals surface area contributed by atoms with Gasteiger partial charge in [-0.1, -0.05) is 6.92 Å². The zero-order valence-electron chi connectivity index (χ0n) is 17.4. The lowest BCUT2D eigenvalue weighted by Gasteiger charge is -2.11. The molecule has 3 rings (SSSR count). The second kappa shape index (κ2) is 8.77. The Kier molecular flexibility index (Phi) is 6.16. The van der Waals surface area contributed by atoms with E-state index in [0.717, 1.165) is 34.7 Å². The van der Waals surface area contributed by atoms with Crippen molar-refractivity contribution in [2.45, 2.75) is 33.7 Å². The third kappa shape index (κ3) is 4.08. The molecule has 7 nitrogen and oxygen atoms in total. The number of ether oxygens (including phenoxy) is 2. The van der Waals surface area contributed by atoms with Crippen molar-refractivity contribution in [1.82, 2.24) is 15.0 Å².